The Morgan fingerprint density at radius 3 is 2.55 bits per heavy atom. The normalized spacial score (nSPS) is 11.0. The van der Waals surface area contributed by atoms with Crippen LogP contribution in [0.5, 0.6) is 0 Å². The maximum Gasteiger partial charge on any atom is 0.252 e. The summed E-state index contributed by atoms with van der Waals surface area (Å²) in [4.78, 5) is 26.1. The molecule has 5 nitrogen and oxygen atoms in total. The van der Waals surface area contributed by atoms with Crippen LogP contribution in [-0.4, -0.2) is 20.9 Å². The van der Waals surface area contributed by atoms with Crippen LogP contribution in [0.3, 0.4) is 0 Å². The third kappa shape index (κ3) is 4.14. The molecule has 1 N–H and O–H groups in total. The van der Waals surface area contributed by atoms with Gasteiger partial charge in [-0.1, -0.05) is 19.9 Å². The van der Waals surface area contributed by atoms with Crippen LogP contribution in [0.15, 0.2) is 73.3 Å². The van der Waals surface area contributed by atoms with Gasteiger partial charge in [0.05, 0.1) is 16.8 Å². The number of fused-ring (bicyclic) bond motifs is 1. The van der Waals surface area contributed by atoms with E-state index in [-0.39, 0.29) is 5.91 Å². The van der Waals surface area contributed by atoms with Crippen LogP contribution in [0.2, 0.25) is 0 Å². The van der Waals surface area contributed by atoms with E-state index in [0.29, 0.717) is 18.0 Å². The number of hydrogen-bond donors (Lipinski definition) is 1. The number of carbonyl (C=O) groups is 1. The number of hydrogen-bond acceptors (Lipinski definition) is 4. The Bertz CT molecular complexity index is 1140. The standard InChI is InChI=1S/C24H22N4O/c1-16(2)18-5-6-22-20(12-18)21(13-23(28-22)19-4-3-9-26-15-19)24(29)27-14-17-7-10-25-11-8-17/h3-13,15-16H,14H2,1-2H3,(H,27,29). The van der Waals surface area contributed by atoms with Gasteiger partial charge >= 0.3 is 0 Å². The lowest BCUT2D eigenvalue weighted by atomic mass is 9.97. The first-order chi connectivity index (χ1) is 14.1. The third-order valence-corrected chi connectivity index (χ3v) is 4.90. The molecule has 3 aromatic heterocycles. The molecule has 29 heavy (non-hydrogen) atoms. The van der Waals surface area contributed by atoms with Crippen molar-refractivity contribution in [1.82, 2.24) is 20.3 Å². The summed E-state index contributed by atoms with van der Waals surface area (Å²) in [7, 11) is 0. The Balaban J connectivity index is 1.77. The largest absolute Gasteiger partial charge is 0.348 e. The molecule has 0 saturated heterocycles. The van der Waals surface area contributed by atoms with E-state index in [1.165, 1.54) is 5.56 Å². The van der Waals surface area contributed by atoms with Gasteiger partial charge in [-0.25, -0.2) is 4.98 Å². The van der Waals surface area contributed by atoms with Crippen molar-refractivity contribution in [2.45, 2.75) is 26.3 Å². The zero-order valence-electron chi connectivity index (χ0n) is 16.5. The Labute approximate surface area is 169 Å². The molecule has 1 aromatic carbocycles. The highest BCUT2D eigenvalue weighted by Crippen LogP contribution is 2.27. The van der Waals surface area contributed by atoms with Crippen molar-refractivity contribution in [3.05, 3.63) is 90.0 Å². The molecule has 5 heteroatoms. The third-order valence-electron chi connectivity index (χ3n) is 4.90. The highest BCUT2D eigenvalue weighted by Gasteiger charge is 2.15. The highest BCUT2D eigenvalue weighted by atomic mass is 16.1. The van der Waals surface area contributed by atoms with Gasteiger partial charge in [-0.3, -0.25) is 14.8 Å². The van der Waals surface area contributed by atoms with Gasteiger partial charge < -0.3 is 5.32 Å². The van der Waals surface area contributed by atoms with Crippen LogP contribution in [0.1, 0.15) is 41.3 Å². The smallest absolute Gasteiger partial charge is 0.252 e. The molecule has 3 heterocycles. The van der Waals surface area contributed by atoms with Crippen molar-refractivity contribution in [1.29, 1.82) is 0 Å². The van der Waals surface area contributed by atoms with E-state index >= 15 is 0 Å². The molecule has 144 valence electrons. The van der Waals surface area contributed by atoms with E-state index in [1.807, 2.05) is 36.4 Å². The molecule has 4 rings (SSSR count). The number of nitrogens with zero attached hydrogens (tertiary/aromatic N) is 3. The first kappa shape index (κ1) is 18.7. The van der Waals surface area contributed by atoms with E-state index in [9.17, 15) is 4.79 Å². The molecule has 0 aliphatic carbocycles. The minimum absolute atomic E-state index is 0.125. The minimum Gasteiger partial charge on any atom is -0.348 e. The second-order valence-corrected chi connectivity index (χ2v) is 7.27. The van der Waals surface area contributed by atoms with Gasteiger partial charge in [0.1, 0.15) is 0 Å². The fourth-order valence-electron chi connectivity index (χ4n) is 3.23. The van der Waals surface area contributed by atoms with E-state index in [0.717, 1.165) is 27.7 Å². The van der Waals surface area contributed by atoms with Gasteiger partial charge in [0, 0.05) is 42.3 Å². The lowest BCUT2D eigenvalue weighted by Crippen LogP contribution is -2.23. The maximum atomic E-state index is 13.1. The molecule has 0 atom stereocenters. The second kappa shape index (κ2) is 8.19. The van der Waals surface area contributed by atoms with Crippen molar-refractivity contribution in [3.8, 4) is 11.3 Å². The zero-order valence-corrected chi connectivity index (χ0v) is 16.5. The molecule has 0 fully saturated rings. The number of benzene rings is 1. The first-order valence-electron chi connectivity index (χ1n) is 9.64. The van der Waals surface area contributed by atoms with Crippen molar-refractivity contribution in [2.24, 2.45) is 0 Å². The van der Waals surface area contributed by atoms with Crippen LogP contribution in [0.25, 0.3) is 22.2 Å². The summed E-state index contributed by atoms with van der Waals surface area (Å²) < 4.78 is 0. The lowest BCUT2D eigenvalue weighted by molar-refractivity contribution is 0.0952. The molecule has 4 aromatic rings. The van der Waals surface area contributed by atoms with Crippen LogP contribution >= 0.6 is 0 Å². The minimum atomic E-state index is -0.125. The predicted octanol–water partition coefficient (Wildman–Crippen LogP) is 4.75. The van der Waals surface area contributed by atoms with E-state index in [4.69, 9.17) is 4.98 Å². The average molecular weight is 382 g/mol. The SMILES string of the molecule is CC(C)c1ccc2nc(-c3cccnc3)cc(C(=O)NCc3ccncc3)c2c1. The van der Waals surface area contributed by atoms with E-state index in [2.05, 4.69) is 41.3 Å². The van der Waals surface area contributed by atoms with Gasteiger partial charge in [-0.2, -0.15) is 0 Å². The number of carbonyl (C=O) groups excluding carboxylic acids is 1. The molecule has 0 unspecified atom stereocenters. The Kier molecular flexibility index (Phi) is 5.29. The molecule has 0 spiro atoms. The Hall–Kier alpha value is -3.60. The lowest BCUT2D eigenvalue weighted by Gasteiger charge is -2.13. The van der Waals surface area contributed by atoms with Crippen LogP contribution in [0.4, 0.5) is 0 Å². The van der Waals surface area contributed by atoms with Crippen molar-refractivity contribution >= 4 is 16.8 Å². The molecule has 0 aliphatic heterocycles. The van der Waals surface area contributed by atoms with E-state index < -0.39 is 0 Å². The summed E-state index contributed by atoms with van der Waals surface area (Å²) in [6.45, 7) is 4.72. The van der Waals surface area contributed by atoms with Gasteiger partial charge in [0.15, 0.2) is 0 Å². The summed E-state index contributed by atoms with van der Waals surface area (Å²) >= 11 is 0. The molecular formula is C24H22N4O. The fraction of sp³-hybridized carbons (Fsp3) is 0.167. The summed E-state index contributed by atoms with van der Waals surface area (Å²) in [5.41, 5.74) is 5.20. The summed E-state index contributed by atoms with van der Waals surface area (Å²) in [6.07, 6.45) is 6.93. The molecule has 0 saturated carbocycles. The Morgan fingerprint density at radius 2 is 1.83 bits per heavy atom. The van der Waals surface area contributed by atoms with Gasteiger partial charge in [0.2, 0.25) is 0 Å². The maximum absolute atomic E-state index is 13.1. The number of rotatable bonds is 5. The molecule has 0 bridgehead atoms. The second-order valence-electron chi connectivity index (χ2n) is 7.27. The summed E-state index contributed by atoms with van der Waals surface area (Å²) in [5, 5.41) is 3.88. The van der Waals surface area contributed by atoms with Crippen LogP contribution in [0, 0.1) is 0 Å². The first-order valence-corrected chi connectivity index (χ1v) is 9.64. The predicted molar refractivity (Wildman–Crippen MR) is 114 cm³/mol. The highest BCUT2D eigenvalue weighted by molar-refractivity contribution is 6.07. The quantitative estimate of drug-likeness (QED) is 0.541. The summed E-state index contributed by atoms with van der Waals surface area (Å²) in [5.74, 6) is 0.241. The van der Waals surface area contributed by atoms with Crippen LogP contribution < -0.4 is 5.32 Å². The summed E-state index contributed by atoms with van der Waals surface area (Å²) in [6, 6.07) is 15.6. The molecule has 0 aliphatic rings. The van der Waals surface area contributed by atoms with Gasteiger partial charge in [0.25, 0.3) is 5.91 Å². The fourth-order valence-corrected chi connectivity index (χ4v) is 3.23. The number of aromatic nitrogens is 3. The molecular weight excluding hydrogens is 360 g/mol. The van der Waals surface area contributed by atoms with Crippen molar-refractivity contribution in [3.63, 3.8) is 0 Å². The van der Waals surface area contributed by atoms with Gasteiger partial charge in [-0.15, -0.1) is 0 Å². The van der Waals surface area contributed by atoms with Crippen molar-refractivity contribution < 1.29 is 4.79 Å². The number of amides is 1. The molecule has 1 amide bonds. The monoisotopic (exact) mass is 382 g/mol. The van der Waals surface area contributed by atoms with Crippen molar-refractivity contribution in [2.75, 3.05) is 0 Å². The van der Waals surface area contributed by atoms with E-state index in [1.54, 1.807) is 24.8 Å². The molecule has 0 radical (unpaired) electrons. The zero-order chi connectivity index (χ0) is 20.2. The number of pyridine rings is 3. The Morgan fingerprint density at radius 1 is 1.00 bits per heavy atom. The topological polar surface area (TPSA) is 67.8 Å². The average Bonchev–Trinajstić information content (AvgIpc) is 2.77. The number of nitrogens with one attached hydrogen (secondary N) is 1. The van der Waals surface area contributed by atoms with Crippen LogP contribution in [-0.2, 0) is 6.54 Å². The van der Waals surface area contributed by atoms with Gasteiger partial charge in [-0.05, 0) is 59.5 Å².